The summed E-state index contributed by atoms with van der Waals surface area (Å²) < 4.78 is 97.5. The van der Waals surface area contributed by atoms with Crippen LogP contribution in [0.1, 0.15) is 75.3 Å². The predicted molar refractivity (Wildman–Crippen MR) is 123 cm³/mol. The molecule has 0 nitrogen and oxygen atoms in total. The Morgan fingerprint density at radius 3 is 2.06 bits per heavy atom. The summed E-state index contributed by atoms with van der Waals surface area (Å²) >= 11 is 0. The molecule has 35 heavy (non-hydrogen) atoms. The van der Waals surface area contributed by atoms with E-state index in [0.29, 0.717) is 17.5 Å². The average molecular weight is 497 g/mol. The highest BCUT2D eigenvalue weighted by atomic mass is 19.4. The van der Waals surface area contributed by atoms with Crippen molar-refractivity contribution < 1.29 is 30.7 Å². The molecule has 188 valence electrons. The van der Waals surface area contributed by atoms with Crippen molar-refractivity contribution in [2.45, 2.75) is 70.4 Å². The van der Waals surface area contributed by atoms with Crippen LogP contribution in [0.3, 0.4) is 0 Å². The second kappa shape index (κ2) is 10.2. The Morgan fingerprint density at radius 2 is 1.46 bits per heavy atom. The summed E-state index contributed by atoms with van der Waals surface area (Å²) in [5.74, 6) is -4.42. The summed E-state index contributed by atoms with van der Waals surface area (Å²) in [7, 11) is 0. The van der Waals surface area contributed by atoms with E-state index in [2.05, 4.69) is 6.92 Å². The lowest BCUT2D eigenvalue weighted by Gasteiger charge is -2.29. The van der Waals surface area contributed by atoms with Crippen LogP contribution in [0.25, 0.3) is 21.9 Å². The van der Waals surface area contributed by atoms with Crippen LogP contribution in [0.2, 0.25) is 0 Å². The van der Waals surface area contributed by atoms with E-state index in [1.807, 2.05) is 0 Å². The molecular formula is C28H27F7. The summed E-state index contributed by atoms with van der Waals surface area (Å²) in [5, 5.41) is -0.689. The second-order valence-corrected chi connectivity index (χ2v) is 9.55. The maximum Gasteiger partial charge on any atom is 0.422 e. The molecule has 4 rings (SSSR count). The molecular weight excluding hydrogens is 469 g/mol. The first kappa shape index (κ1) is 25.5. The first-order valence-corrected chi connectivity index (χ1v) is 12.1. The maximum atomic E-state index is 15.1. The van der Waals surface area contributed by atoms with Gasteiger partial charge in [0.15, 0.2) is 0 Å². The van der Waals surface area contributed by atoms with Crippen molar-refractivity contribution >= 4 is 10.8 Å². The van der Waals surface area contributed by atoms with E-state index in [1.165, 1.54) is 37.8 Å². The van der Waals surface area contributed by atoms with Crippen LogP contribution < -0.4 is 0 Å². The Hall–Kier alpha value is -2.57. The van der Waals surface area contributed by atoms with Crippen LogP contribution in [0, 0.1) is 29.2 Å². The Morgan fingerprint density at radius 1 is 0.800 bits per heavy atom. The number of benzene rings is 3. The van der Waals surface area contributed by atoms with E-state index >= 15 is 8.78 Å². The van der Waals surface area contributed by atoms with E-state index in [9.17, 15) is 22.0 Å². The highest BCUT2D eigenvalue weighted by Gasteiger charge is 2.38. The molecule has 0 heterocycles. The van der Waals surface area contributed by atoms with Gasteiger partial charge in [-0.2, -0.15) is 13.2 Å². The van der Waals surface area contributed by atoms with Gasteiger partial charge in [-0.25, -0.2) is 17.6 Å². The van der Waals surface area contributed by atoms with Crippen molar-refractivity contribution in [2.24, 2.45) is 5.92 Å². The molecule has 0 aliphatic heterocycles. The smallest absolute Gasteiger partial charge is 0.206 e. The van der Waals surface area contributed by atoms with Crippen molar-refractivity contribution in [1.82, 2.24) is 0 Å². The largest absolute Gasteiger partial charge is 0.422 e. The van der Waals surface area contributed by atoms with Crippen LogP contribution in [0.15, 0.2) is 36.4 Å². The lowest BCUT2D eigenvalue weighted by Crippen LogP contribution is -2.14. The van der Waals surface area contributed by atoms with Crippen LogP contribution in [-0.2, 0) is 6.18 Å². The van der Waals surface area contributed by atoms with Gasteiger partial charge in [-0.05, 0) is 78.3 Å². The number of hydrogen-bond donors (Lipinski definition) is 0. The fourth-order valence-electron chi connectivity index (χ4n) is 5.32. The molecule has 3 aromatic rings. The van der Waals surface area contributed by atoms with Crippen LogP contribution in [0.5, 0.6) is 0 Å². The summed E-state index contributed by atoms with van der Waals surface area (Å²) in [6.07, 6.45) is 3.38. The monoisotopic (exact) mass is 496 g/mol. The maximum absolute atomic E-state index is 15.1. The van der Waals surface area contributed by atoms with Crippen LogP contribution in [-0.4, -0.2) is 0 Å². The molecule has 7 heteroatoms. The molecule has 0 radical (unpaired) electrons. The molecule has 1 saturated carbocycles. The molecule has 0 spiro atoms. The Labute approximate surface area is 200 Å². The Kier molecular flexibility index (Phi) is 7.43. The van der Waals surface area contributed by atoms with Crippen molar-refractivity contribution in [3.8, 4) is 11.1 Å². The van der Waals surface area contributed by atoms with Gasteiger partial charge >= 0.3 is 6.18 Å². The van der Waals surface area contributed by atoms with E-state index in [4.69, 9.17) is 0 Å². The summed E-state index contributed by atoms with van der Waals surface area (Å²) in [6, 6.07) is 6.38. The minimum atomic E-state index is -5.20. The van der Waals surface area contributed by atoms with Gasteiger partial charge < -0.3 is 0 Å². The van der Waals surface area contributed by atoms with E-state index in [0.717, 1.165) is 43.9 Å². The number of fused-ring (bicyclic) bond motifs is 1. The SMILES string of the molecule is CCCCCC1CCC(c2cc(F)c(-c3ccc4c(F)c(C(F)(F)F)c(F)cc4c3)c(F)c2)CC1. The van der Waals surface area contributed by atoms with Gasteiger partial charge in [0.05, 0.1) is 5.56 Å². The zero-order chi connectivity index (χ0) is 25.3. The summed E-state index contributed by atoms with van der Waals surface area (Å²) in [4.78, 5) is 0. The minimum Gasteiger partial charge on any atom is -0.206 e. The van der Waals surface area contributed by atoms with Gasteiger partial charge in [0, 0.05) is 5.39 Å². The molecule has 0 N–H and O–H groups in total. The zero-order valence-electron chi connectivity index (χ0n) is 19.4. The normalized spacial score (nSPS) is 18.9. The topological polar surface area (TPSA) is 0 Å². The lowest BCUT2D eigenvalue weighted by molar-refractivity contribution is -0.142. The molecule has 3 aromatic carbocycles. The standard InChI is InChI=1S/C28H27F7/c1-2-3-4-5-16-6-8-17(9-7-16)19-13-22(29)25(23(30)14-19)18-10-11-21-20(12-18)15-24(31)26(27(21)32)28(33,34)35/h10-17H,2-9H2,1H3. The Balaban J connectivity index is 1.60. The lowest BCUT2D eigenvalue weighted by atomic mass is 9.76. The number of unbranched alkanes of at least 4 members (excludes halogenated alkanes) is 2. The molecule has 0 bridgehead atoms. The number of hydrogen-bond acceptors (Lipinski definition) is 0. The second-order valence-electron chi connectivity index (χ2n) is 9.55. The highest BCUT2D eigenvalue weighted by molar-refractivity contribution is 5.89. The third-order valence-corrected chi connectivity index (χ3v) is 7.20. The zero-order valence-corrected chi connectivity index (χ0v) is 19.4. The molecule has 0 unspecified atom stereocenters. The number of alkyl halides is 3. The fraction of sp³-hybridized carbons (Fsp3) is 0.429. The van der Waals surface area contributed by atoms with Gasteiger partial charge in [0.1, 0.15) is 28.8 Å². The van der Waals surface area contributed by atoms with Crippen molar-refractivity contribution in [1.29, 1.82) is 0 Å². The summed E-state index contributed by atoms with van der Waals surface area (Å²) in [5.41, 5.74) is -1.77. The van der Waals surface area contributed by atoms with Gasteiger partial charge in [-0.1, -0.05) is 44.7 Å². The number of rotatable bonds is 6. The first-order valence-electron chi connectivity index (χ1n) is 12.1. The highest BCUT2D eigenvalue weighted by Crippen LogP contribution is 2.41. The summed E-state index contributed by atoms with van der Waals surface area (Å²) in [6.45, 7) is 2.17. The quantitative estimate of drug-likeness (QED) is 0.235. The molecule has 1 aliphatic rings. The van der Waals surface area contributed by atoms with E-state index < -0.39 is 40.4 Å². The molecule has 0 amide bonds. The molecule has 1 fully saturated rings. The van der Waals surface area contributed by atoms with E-state index in [-0.39, 0.29) is 22.4 Å². The first-order chi connectivity index (χ1) is 16.6. The van der Waals surface area contributed by atoms with Gasteiger partial charge in [0.2, 0.25) is 0 Å². The van der Waals surface area contributed by atoms with Crippen molar-refractivity contribution in [3.05, 3.63) is 70.8 Å². The van der Waals surface area contributed by atoms with Gasteiger partial charge in [-0.3, -0.25) is 0 Å². The van der Waals surface area contributed by atoms with Gasteiger partial charge in [0.25, 0.3) is 0 Å². The molecule has 1 aliphatic carbocycles. The third kappa shape index (κ3) is 5.34. The average Bonchev–Trinajstić information content (AvgIpc) is 2.78. The van der Waals surface area contributed by atoms with Crippen LogP contribution >= 0.6 is 0 Å². The fourth-order valence-corrected chi connectivity index (χ4v) is 5.32. The van der Waals surface area contributed by atoms with Crippen LogP contribution in [0.4, 0.5) is 30.7 Å². The molecule has 0 atom stereocenters. The Bertz CT molecular complexity index is 1180. The molecule has 0 aromatic heterocycles. The molecule has 0 saturated heterocycles. The van der Waals surface area contributed by atoms with Crippen molar-refractivity contribution in [2.75, 3.05) is 0 Å². The third-order valence-electron chi connectivity index (χ3n) is 7.20. The van der Waals surface area contributed by atoms with E-state index in [1.54, 1.807) is 0 Å². The predicted octanol–water partition coefficient (Wildman–Crippen LogP) is 9.94. The van der Waals surface area contributed by atoms with Gasteiger partial charge in [-0.15, -0.1) is 0 Å². The van der Waals surface area contributed by atoms with Crippen molar-refractivity contribution in [3.63, 3.8) is 0 Å². The minimum absolute atomic E-state index is 0.00255. The number of halogens is 7.